The van der Waals surface area contributed by atoms with Gasteiger partial charge in [0.1, 0.15) is 18.0 Å². The topological polar surface area (TPSA) is 85.6 Å². The molecule has 1 spiro atoms. The molecule has 0 aliphatic carbocycles. The number of anilines is 1. The Morgan fingerprint density at radius 1 is 1.08 bits per heavy atom. The largest absolute Gasteiger partial charge is 0.444 e. The predicted octanol–water partition coefficient (Wildman–Crippen LogP) is 5.64. The summed E-state index contributed by atoms with van der Waals surface area (Å²) in [4.78, 5) is 21.9. The lowest BCUT2D eigenvalue weighted by atomic mass is 9.86. The van der Waals surface area contributed by atoms with E-state index in [1.165, 1.54) is 5.69 Å². The average Bonchev–Trinajstić information content (AvgIpc) is 3.58. The summed E-state index contributed by atoms with van der Waals surface area (Å²) in [6.07, 6.45) is 9.40. The van der Waals surface area contributed by atoms with Gasteiger partial charge in [-0.15, -0.1) is 0 Å². The van der Waals surface area contributed by atoms with E-state index in [4.69, 9.17) is 14.5 Å². The van der Waals surface area contributed by atoms with Crippen LogP contribution in [0.5, 0.6) is 0 Å². The molecule has 9 nitrogen and oxygen atoms in total. The number of aromatic nitrogens is 4. The van der Waals surface area contributed by atoms with E-state index >= 15 is 0 Å². The first-order valence-corrected chi connectivity index (χ1v) is 17.7. The molecule has 1 atom stereocenters. The highest BCUT2D eigenvalue weighted by Gasteiger charge is 2.46. The van der Waals surface area contributed by atoms with E-state index in [1.807, 2.05) is 44.1 Å². The van der Waals surface area contributed by atoms with Crippen molar-refractivity contribution in [2.45, 2.75) is 71.6 Å². The van der Waals surface area contributed by atoms with Gasteiger partial charge in [0.25, 0.3) is 0 Å². The number of hydrogen-bond donors (Lipinski definition) is 0. The molecule has 0 saturated carbocycles. The minimum Gasteiger partial charge on any atom is -0.444 e. The van der Waals surface area contributed by atoms with Gasteiger partial charge in [-0.2, -0.15) is 10.2 Å². The molecule has 0 radical (unpaired) electrons. The molecule has 3 aromatic heterocycles. The highest BCUT2D eigenvalue weighted by Crippen LogP contribution is 2.44. The maximum Gasteiger partial charge on any atom is 0.410 e. The fourth-order valence-corrected chi connectivity index (χ4v) is 6.42. The van der Waals surface area contributed by atoms with Crippen molar-refractivity contribution in [1.29, 1.82) is 0 Å². The summed E-state index contributed by atoms with van der Waals surface area (Å²) >= 11 is 0. The number of rotatable bonds is 7. The zero-order valence-electron chi connectivity index (χ0n) is 24.2. The summed E-state index contributed by atoms with van der Waals surface area (Å²) in [7, 11) is -1.17. The zero-order valence-corrected chi connectivity index (χ0v) is 25.2. The summed E-state index contributed by atoms with van der Waals surface area (Å²) in [5.74, 6) is 0. The van der Waals surface area contributed by atoms with Gasteiger partial charge in [-0.25, -0.2) is 9.78 Å². The van der Waals surface area contributed by atoms with Crippen molar-refractivity contribution in [3.05, 3.63) is 36.9 Å². The lowest BCUT2D eigenvalue weighted by Crippen LogP contribution is -2.37. The fourth-order valence-electron chi connectivity index (χ4n) is 5.66. The van der Waals surface area contributed by atoms with Crippen LogP contribution in [0.4, 0.5) is 10.5 Å². The first kappa shape index (κ1) is 27.6. The number of amides is 1. The molecule has 0 aromatic carbocycles. The Morgan fingerprint density at radius 2 is 1.87 bits per heavy atom. The normalized spacial score (nSPS) is 19.9. The van der Waals surface area contributed by atoms with E-state index in [9.17, 15) is 4.79 Å². The van der Waals surface area contributed by atoms with Gasteiger partial charge in [-0.3, -0.25) is 0 Å². The Morgan fingerprint density at radius 3 is 2.59 bits per heavy atom. The number of hydrogen-bond acceptors (Lipinski definition) is 7. The van der Waals surface area contributed by atoms with Gasteiger partial charge >= 0.3 is 6.09 Å². The van der Waals surface area contributed by atoms with E-state index < -0.39 is 13.7 Å². The predicted molar refractivity (Wildman–Crippen MR) is 157 cm³/mol. The minimum atomic E-state index is -1.17. The van der Waals surface area contributed by atoms with E-state index in [2.05, 4.69) is 51.6 Å². The molecule has 5 heterocycles. The highest BCUT2D eigenvalue weighted by atomic mass is 28.3. The molecule has 210 valence electrons. The van der Waals surface area contributed by atoms with Gasteiger partial charge in [0.05, 0.1) is 17.8 Å². The molecule has 1 amide bonds. The Bertz CT molecular complexity index is 1320. The first-order chi connectivity index (χ1) is 18.4. The van der Waals surface area contributed by atoms with Crippen LogP contribution in [-0.4, -0.2) is 77.2 Å². The number of nitrogens with zero attached hydrogens (tertiary/aromatic N) is 6. The molecular formula is C29H42N6O3Si. The van der Waals surface area contributed by atoms with Gasteiger partial charge < -0.3 is 23.8 Å². The van der Waals surface area contributed by atoms with Gasteiger partial charge in [0, 0.05) is 75.5 Å². The van der Waals surface area contributed by atoms with E-state index in [1.54, 1.807) is 6.20 Å². The molecule has 10 heteroatoms. The van der Waals surface area contributed by atoms with Crippen molar-refractivity contribution < 1.29 is 14.3 Å². The van der Waals surface area contributed by atoms with Crippen molar-refractivity contribution in [3.63, 3.8) is 0 Å². The number of ether oxygens (including phenoxy) is 2. The van der Waals surface area contributed by atoms with Crippen LogP contribution in [0.1, 0.15) is 33.6 Å². The van der Waals surface area contributed by atoms with Crippen LogP contribution in [0.3, 0.4) is 0 Å². The fraction of sp³-hybridized carbons (Fsp3) is 0.586. The quantitative estimate of drug-likeness (QED) is 0.278. The maximum atomic E-state index is 12.8. The number of pyridine rings is 1. The summed E-state index contributed by atoms with van der Waals surface area (Å²) in [5, 5.41) is 9.24. The molecule has 3 aromatic rings. The SMILES string of the molecule is CC(C)(C)OC(=O)N1CCC2(CCN(c3ccnc4c3c(-c3ccnnc3)cn4COCC[Si](C)(C)C)C2)C1. The second kappa shape index (κ2) is 10.5. The first-order valence-electron chi connectivity index (χ1n) is 14.0. The molecule has 0 N–H and O–H groups in total. The highest BCUT2D eigenvalue weighted by molar-refractivity contribution is 6.76. The van der Waals surface area contributed by atoms with Crippen molar-refractivity contribution >= 4 is 30.9 Å². The third-order valence-electron chi connectivity index (χ3n) is 7.73. The van der Waals surface area contributed by atoms with Crippen LogP contribution in [-0.2, 0) is 16.2 Å². The van der Waals surface area contributed by atoms with Crippen molar-refractivity contribution in [1.82, 2.24) is 24.6 Å². The number of likely N-dealkylation sites (tertiary alicyclic amines) is 1. The zero-order chi connectivity index (χ0) is 27.8. The smallest absolute Gasteiger partial charge is 0.410 e. The Hall–Kier alpha value is -2.98. The monoisotopic (exact) mass is 550 g/mol. The van der Waals surface area contributed by atoms with Gasteiger partial charge in [0.15, 0.2) is 0 Å². The third-order valence-corrected chi connectivity index (χ3v) is 9.43. The molecule has 2 aliphatic heterocycles. The molecule has 5 rings (SSSR count). The summed E-state index contributed by atoms with van der Waals surface area (Å²) in [5.41, 5.74) is 3.76. The Kier molecular flexibility index (Phi) is 7.45. The van der Waals surface area contributed by atoms with Gasteiger partial charge in [0.2, 0.25) is 0 Å². The van der Waals surface area contributed by atoms with Gasteiger partial charge in [-0.1, -0.05) is 19.6 Å². The number of carbonyl (C=O) groups is 1. The molecule has 2 aliphatic rings. The van der Waals surface area contributed by atoms with Crippen LogP contribution >= 0.6 is 0 Å². The lowest BCUT2D eigenvalue weighted by molar-refractivity contribution is 0.0276. The van der Waals surface area contributed by atoms with E-state index in [-0.39, 0.29) is 11.5 Å². The standard InChI is InChI=1S/C29H42N6O3Si/c1-28(2,3)38-27(36)34-14-10-29(20-34)9-13-33(19-29)24-8-11-30-26-25(24)23(22-7-12-31-32-17-22)18-35(26)21-37-15-16-39(4,5)6/h7-8,11-12,17-18H,9-10,13-16,19-21H2,1-6H3. The molecule has 2 saturated heterocycles. The summed E-state index contributed by atoms with van der Waals surface area (Å²) in [6, 6.07) is 5.24. The van der Waals surface area contributed by atoms with Crippen LogP contribution in [0.25, 0.3) is 22.2 Å². The summed E-state index contributed by atoms with van der Waals surface area (Å²) < 4.78 is 13.9. The minimum absolute atomic E-state index is 0.0768. The third kappa shape index (κ3) is 6.27. The van der Waals surface area contributed by atoms with Crippen LogP contribution in [0.2, 0.25) is 25.7 Å². The van der Waals surface area contributed by atoms with Crippen LogP contribution < -0.4 is 4.90 Å². The number of carbonyl (C=O) groups excluding carboxylic acids is 1. The molecular weight excluding hydrogens is 508 g/mol. The molecule has 0 bridgehead atoms. The number of fused-ring (bicyclic) bond motifs is 1. The summed E-state index contributed by atoms with van der Waals surface area (Å²) in [6.45, 7) is 17.4. The van der Waals surface area contributed by atoms with E-state index in [0.29, 0.717) is 6.73 Å². The van der Waals surface area contributed by atoms with Crippen LogP contribution in [0, 0.1) is 5.41 Å². The van der Waals surface area contributed by atoms with Crippen molar-refractivity contribution in [3.8, 4) is 11.1 Å². The van der Waals surface area contributed by atoms with Crippen molar-refractivity contribution in [2.75, 3.05) is 37.7 Å². The van der Waals surface area contributed by atoms with Crippen molar-refractivity contribution in [2.24, 2.45) is 5.41 Å². The average molecular weight is 551 g/mol. The molecule has 39 heavy (non-hydrogen) atoms. The Labute approximate surface area is 232 Å². The second-order valence-corrected chi connectivity index (χ2v) is 19.0. The maximum absolute atomic E-state index is 12.8. The lowest BCUT2D eigenvalue weighted by Gasteiger charge is -2.27. The van der Waals surface area contributed by atoms with E-state index in [0.717, 1.165) is 73.8 Å². The van der Waals surface area contributed by atoms with Crippen LogP contribution in [0.15, 0.2) is 36.9 Å². The second-order valence-electron chi connectivity index (χ2n) is 13.3. The van der Waals surface area contributed by atoms with Gasteiger partial charge in [-0.05, 0) is 51.8 Å². The molecule has 1 unspecified atom stereocenters. The Balaban J connectivity index is 1.41. The molecule has 2 fully saturated rings.